The largest absolute Gasteiger partial charge is 0.346 e. The van der Waals surface area contributed by atoms with Crippen LogP contribution in [0.25, 0.3) is 0 Å². The Morgan fingerprint density at radius 1 is 1.17 bits per heavy atom. The third-order valence-electron chi connectivity index (χ3n) is 8.59. The fraction of sp³-hybridized carbons (Fsp3) is 0.720. The maximum Gasteiger partial charge on any atom is 0.224 e. The molecule has 4 aliphatic heterocycles. The van der Waals surface area contributed by atoms with E-state index in [-0.39, 0.29) is 40.2 Å². The van der Waals surface area contributed by atoms with Crippen LogP contribution < -0.4 is 5.32 Å². The number of ether oxygens (including phenoxy) is 2. The van der Waals surface area contributed by atoms with Crippen LogP contribution in [0.15, 0.2) is 23.1 Å². The van der Waals surface area contributed by atoms with Crippen molar-refractivity contribution in [3.05, 3.63) is 23.2 Å². The summed E-state index contributed by atoms with van der Waals surface area (Å²) in [6, 6.07) is 4.29. The zero-order chi connectivity index (χ0) is 25.2. The normalized spacial score (nSPS) is 40.6. The van der Waals surface area contributed by atoms with Crippen LogP contribution in [0.3, 0.4) is 0 Å². The first-order valence-corrected chi connectivity index (χ1v) is 14.7. The first-order valence-electron chi connectivity index (χ1n) is 12.4. The van der Waals surface area contributed by atoms with E-state index in [9.17, 15) is 13.2 Å². The standard InChI is InChI=1S/C25H34ClNO7S/c1-14-5-7-18-15(2)21(31-23-25(18)17(14)11-12-24(3,32-23)33-34-25)9-10-22(28)27-20-8-6-16(13-19(20)26)35(4,29)30/h6,8,13-15,17-18,21,23H,5,7,9-12H2,1-4H3,(H,27,28)/t14-,15-,17+,18+,21-,23-,24?,25-/m1/s1. The molecule has 4 heterocycles. The van der Waals surface area contributed by atoms with Crippen LogP contribution >= 0.6 is 11.6 Å². The van der Waals surface area contributed by atoms with Crippen LogP contribution in [0, 0.1) is 23.7 Å². The summed E-state index contributed by atoms with van der Waals surface area (Å²) >= 11 is 6.22. The molecule has 1 aromatic carbocycles. The van der Waals surface area contributed by atoms with Crippen molar-refractivity contribution >= 4 is 33.0 Å². The van der Waals surface area contributed by atoms with Crippen molar-refractivity contribution in [1.82, 2.24) is 0 Å². The zero-order valence-electron chi connectivity index (χ0n) is 20.6. The molecule has 1 amide bonds. The second-order valence-electron chi connectivity index (χ2n) is 10.9. The van der Waals surface area contributed by atoms with Gasteiger partial charge < -0.3 is 14.8 Å². The first-order chi connectivity index (χ1) is 16.4. The molecule has 6 rings (SSSR count). The van der Waals surface area contributed by atoms with Gasteiger partial charge in [-0.2, -0.15) is 0 Å². The predicted molar refractivity (Wildman–Crippen MR) is 129 cm³/mol. The molecule has 5 fully saturated rings. The number of hydrogen-bond acceptors (Lipinski definition) is 7. The molecule has 1 saturated carbocycles. The Bertz CT molecular complexity index is 1110. The Hall–Kier alpha value is -1.23. The molecule has 0 radical (unpaired) electrons. The van der Waals surface area contributed by atoms with Gasteiger partial charge in [0.1, 0.15) is 0 Å². The number of amides is 1. The maximum atomic E-state index is 12.7. The van der Waals surface area contributed by atoms with Crippen LogP contribution in [0.1, 0.15) is 59.3 Å². The molecule has 5 aliphatic rings. The molecular weight excluding hydrogens is 494 g/mol. The second kappa shape index (κ2) is 8.96. The number of carbonyl (C=O) groups excluding carboxylic acids is 1. The van der Waals surface area contributed by atoms with Gasteiger partial charge in [-0.05, 0) is 68.6 Å². The molecule has 1 unspecified atom stereocenters. The van der Waals surface area contributed by atoms with Crippen molar-refractivity contribution in [3.8, 4) is 0 Å². The number of hydrogen-bond donors (Lipinski definition) is 1. The van der Waals surface area contributed by atoms with Gasteiger partial charge in [0.25, 0.3) is 0 Å². The van der Waals surface area contributed by atoms with Crippen molar-refractivity contribution in [3.63, 3.8) is 0 Å². The summed E-state index contributed by atoms with van der Waals surface area (Å²) in [6.45, 7) is 6.36. The molecule has 194 valence electrons. The van der Waals surface area contributed by atoms with Crippen molar-refractivity contribution in [2.24, 2.45) is 23.7 Å². The maximum absolute atomic E-state index is 12.7. The van der Waals surface area contributed by atoms with E-state index in [2.05, 4.69) is 19.2 Å². The molecule has 8 nitrogen and oxygen atoms in total. The van der Waals surface area contributed by atoms with Gasteiger partial charge in [-0.1, -0.05) is 25.4 Å². The summed E-state index contributed by atoms with van der Waals surface area (Å²) in [4.78, 5) is 24.9. The Balaban J connectivity index is 1.28. The third-order valence-corrected chi connectivity index (χ3v) is 10.0. The molecule has 8 atom stereocenters. The van der Waals surface area contributed by atoms with E-state index in [1.54, 1.807) is 0 Å². The number of fused-ring (bicyclic) bond motifs is 2. The van der Waals surface area contributed by atoms with E-state index in [1.807, 2.05) is 6.92 Å². The molecule has 35 heavy (non-hydrogen) atoms. The number of sulfone groups is 1. The fourth-order valence-electron chi connectivity index (χ4n) is 6.62. The van der Waals surface area contributed by atoms with Gasteiger partial charge in [-0.15, -0.1) is 0 Å². The van der Waals surface area contributed by atoms with Crippen molar-refractivity contribution < 1.29 is 32.5 Å². The Labute approximate surface area is 211 Å². The minimum absolute atomic E-state index is 0.108. The van der Waals surface area contributed by atoms with E-state index in [1.165, 1.54) is 18.2 Å². The van der Waals surface area contributed by atoms with Gasteiger partial charge in [0, 0.05) is 25.0 Å². The van der Waals surface area contributed by atoms with Crippen LogP contribution in [-0.4, -0.2) is 44.4 Å². The quantitative estimate of drug-likeness (QED) is 0.553. The Kier molecular flexibility index (Phi) is 6.51. The fourth-order valence-corrected chi connectivity index (χ4v) is 7.56. The van der Waals surface area contributed by atoms with Crippen molar-refractivity contribution in [1.29, 1.82) is 0 Å². The Morgan fingerprint density at radius 3 is 2.66 bits per heavy atom. The summed E-state index contributed by atoms with van der Waals surface area (Å²) < 4.78 is 36.4. The van der Waals surface area contributed by atoms with E-state index < -0.39 is 27.5 Å². The molecule has 4 saturated heterocycles. The van der Waals surface area contributed by atoms with Gasteiger partial charge in [-0.25, -0.2) is 18.2 Å². The summed E-state index contributed by atoms with van der Waals surface area (Å²) in [6.07, 6.45) is 5.06. The first kappa shape index (κ1) is 25.4. The molecule has 1 spiro atoms. The highest BCUT2D eigenvalue weighted by Crippen LogP contribution is 2.60. The summed E-state index contributed by atoms with van der Waals surface area (Å²) in [5.41, 5.74) is -0.228. The predicted octanol–water partition coefficient (Wildman–Crippen LogP) is 4.71. The van der Waals surface area contributed by atoms with Gasteiger partial charge >= 0.3 is 0 Å². The summed E-state index contributed by atoms with van der Waals surface area (Å²) in [7, 11) is -3.38. The average molecular weight is 528 g/mol. The summed E-state index contributed by atoms with van der Waals surface area (Å²) in [5.74, 6) is 0.157. The van der Waals surface area contributed by atoms with Gasteiger partial charge in [-0.3, -0.25) is 4.79 Å². The molecule has 1 aliphatic carbocycles. The lowest BCUT2D eigenvalue weighted by Gasteiger charge is -2.60. The highest BCUT2D eigenvalue weighted by Gasteiger charge is 2.69. The number of anilines is 1. The number of nitrogens with one attached hydrogen (secondary N) is 1. The Morgan fingerprint density at radius 2 is 1.94 bits per heavy atom. The highest BCUT2D eigenvalue weighted by atomic mass is 35.5. The molecule has 1 N–H and O–H groups in total. The monoisotopic (exact) mass is 527 g/mol. The van der Waals surface area contributed by atoms with Crippen LogP contribution in [0.4, 0.5) is 5.69 Å². The lowest BCUT2D eigenvalue weighted by Crippen LogP contribution is -2.70. The minimum Gasteiger partial charge on any atom is -0.346 e. The van der Waals surface area contributed by atoms with Crippen molar-refractivity contribution in [2.45, 2.75) is 88.0 Å². The van der Waals surface area contributed by atoms with Gasteiger partial charge in [0.2, 0.25) is 11.7 Å². The lowest BCUT2D eigenvalue weighted by atomic mass is 9.57. The van der Waals surface area contributed by atoms with Crippen LogP contribution in [-0.2, 0) is 33.9 Å². The molecule has 10 heteroatoms. The molecule has 2 bridgehead atoms. The van der Waals surface area contributed by atoms with E-state index in [0.29, 0.717) is 23.9 Å². The van der Waals surface area contributed by atoms with Crippen LogP contribution in [0.5, 0.6) is 0 Å². The average Bonchev–Trinajstić information content (AvgIpc) is 3.02. The number of halogens is 1. The smallest absolute Gasteiger partial charge is 0.224 e. The number of benzene rings is 1. The molecule has 1 aromatic rings. The van der Waals surface area contributed by atoms with Crippen LogP contribution in [0.2, 0.25) is 5.02 Å². The number of carbonyl (C=O) groups is 1. The lowest BCUT2D eigenvalue weighted by molar-refractivity contribution is -0.571. The van der Waals surface area contributed by atoms with E-state index >= 15 is 0 Å². The topological polar surface area (TPSA) is 100 Å². The van der Waals surface area contributed by atoms with Gasteiger partial charge in [0.05, 0.1) is 21.7 Å². The number of rotatable bonds is 5. The SMILES string of the molecule is C[C@H]1[C@@H](CCC(=O)Nc2ccc(S(C)(=O)=O)cc2Cl)O[C@@H]2OC3(C)CC[C@H]4[C@H](C)CC[C@@H]1[C@@]24OO3. The molecular formula is C25H34ClNO7S. The van der Waals surface area contributed by atoms with E-state index in [0.717, 1.165) is 31.9 Å². The third kappa shape index (κ3) is 4.42. The second-order valence-corrected chi connectivity index (χ2v) is 13.4. The minimum atomic E-state index is -3.38. The van der Waals surface area contributed by atoms with Crippen molar-refractivity contribution in [2.75, 3.05) is 11.6 Å². The zero-order valence-corrected chi connectivity index (χ0v) is 22.2. The summed E-state index contributed by atoms with van der Waals surface area (Å²) in [5, 5.41) is 2.97. The van der Waals surface area contributed by atoms with Gasteiger partial charge in [0.15, 0.2) is 21.7 Å². The van der Waals surface area contributed by atoms with E-state index in [4.69, 9.17) is 30.8 Å². The molecule has 0 aromatic heterocycles. The highest BCUT2D eigenvalue weighted by molar-refractivity contribution is 7.90.